The molecule has 13 heteroatoms. The van der Waals surface area contributed by atoms with Gasteiger partial charge in [-0.3, -0.25) is 28.5 Å². The van der Waals surface area contributed by atoms with Crippen molar-refractivity contribution >= 4 is 23.6 Å². The molecule has 4 N–H and O–H groups in total. The van der Waals surface area contributed by atoms with Crippen molar-refractivity contribution in [2.45, 2.75) is 63.7 Å². The smallest absolute Gasteiger partial charge is 0.311 e. The minimum absolute atomic E-state index is 0.0118. The first-order valence-corrected chi connectivity index (χ1v) is 12.5. The lowest BCUT2D eigenvalue weighted by molar-refractivity contribution is -0.145. The number of nitrogens with zero attached hydrogens (tertiary/aromatic N) is 3. The fourth-order valence-electron chi connectivity index (χ4n) is 5.33. The molecule has 0 atom stereocenters. The van der Waals surface area contributed by atoms with Crippen LogP contribution in [0.4, 0.5) is 4.39 Å². The van der Waals surface area contributed by atoms with E-state index in [1.807, 2.05) is 0 Å². The molecule has 3 aliphatic rings. The molecular weight excluding hydrogens is 511 g/mol. The van der Waals surface area contributed by atoms with Crippen molar-refractivity contribution in [1.82, 2.24) is 30.4 Å². The molecule has 4 amide bonds. The SMILES string of the molecule is CC(=O)NC12CCC(NC(=O)C(=O)N(C)C)(CC1)c1nc(C(=O)NCc3ccc(F)c(C)c3)c(O)c(=O)n1C2. The van der Waals surface area contributed by atoms with Crippen LogP contribution in [0.25, 0.3) is 0 Å². The van der Waals surface area contributed by atoms with Gasteiger partial charge in [-0.05, 0) is 49.8 Å². The summed E-state index contributed by atoms with van der Waals surface area (Å²) in [5, 5.41) is 19.0. The van der Waals surface area contributed by atoms with Crippen molar-refractivity contribution in [2.24, 2.45) is 0 Å². The van der Waals surface area contributed by atoms with E-state index in [1.165, 1.54) is 33.2 Å². The van der Waals surface area contributed by atoms with E-state index in [9.17, 15) is 33.5 Å². The first-order valence-electron chi connectivity index (χ1n) is 12.5. The van der Waals surface area contributed by atoms with Crippen molar-refractivity contribution in [2.75, 3.05) is 14.1 Å². The first-order chi connectivity index (χ1) is 18.3. The number of carbonyl (C=O) groups excluding carboxylic acids is 4. The van der Waals surface area contributed by atoms with Gasteiger partial charge in [0.05, 0.1) is 17.6 Å². The molecule has 1 aromatic heterocycles. The second kappa shape index (κ2) is 10.1. The van der Waals surface area contributed by atoms with E-state index in [0.29, 0.717) is 24.0 Å². The minimum atomic E-state index is -1.31. The van der Waals surface area contributed by atoms with E-state index in [2.05, 4.69) is 20.9 Å². The molecule has 12 nitrogen and oxygen atoms in total. The standard InChI is InChI=1S/C26H31FN6O6/c1-14-11-16(5-6-17(14)27)12-28-20(36)18-19(35)22(38)33-13-25(30-15(2)34)7-9-26(10-8-25,24(33)29-18)31-21(37)23(39)32(3)4/h5-6,11,35H,7-10,12-13H2,1-4H3,(H,28,36)(H,30,34)(H,31,37). The Labute approximate surface area is 223 Å². The van der Waals surface area contributed by atoms with Crippen LogP contribution in [-0.4, -0.2) is 62.8 Å². The van der Waals surface area contributed by atoms with Crippen LogP contribution in [0.1, 0.15) is 60.0 Å². The van der Waals surface area contributed by atoms with Gasteiger partial charge in [0.15, 0.2) is 5.69 Å². The molecule has 3 heterocycles. The second-order valence-corrected chi connectivity index (χ2v) is 10.5. The molecule has 0 saturated heterocycles. The third kappa shape index (κ3) is 5.20. The summed E-state index contributed by atoms with van der Waals surface area (Å²) in [5.74, 6) is -4.16. The maximum atomic E-state index is 13.6. The summed E-state index contributed by atoms with van der Waals surface area (Å²) in [6.45, 7) is 2.87. The zero-order valence-corrected chi connectivity index (χ0v) is 22.2. The summed E-state index contributed by atoms with van der Waals surface area (Å²) in [4.78, 5) is 69.3. The minimum Gasteiger partial charge on any atom is -0.501 e. The lowest BCUT2D eigenvalue weighted by Gasteiger charge is -2.42. The summed E-state index contributed by atoms with van der Waals surface area (Å²) in [6.07, 6.45) is 1.12. The Bertz CT molecular complexity index is 1430. The zero-order valence-electron chi connectivity index (χ0n) is 22.2. The maximum Gasteiger partial charge on any atom is 0.311 e. The zero-order chi connectivity index (χ0) is 28.7. The fourth-order valence-corrected chi connectivity index (χ4v) is 5.33. The molecule has 2 aromatic rings. The number of hydrogen-bond acceptors (Lipinski definition) is 7. The molecule has 0 unspecified atom stereocenters. The number of fused-ring (bicyclic) bond motifs is 2. The molecular formula is C26H31FN6O6. The van der Waals surface area contributed by atoms with Crippen molar-refractivity contribution in [1.29, 1.82) is 0 Å². The van der Waals surface area contributed by atoms with Gasteiger partial charge in [0.25, 0.3) is 11.5 Å². The van der Waals surface area contributed by atoms with Gasteiger partial charge in [0.1, 0.15) is 11.6 Å². The van der Waals surface area contributed by atoms with Crippen LogP contribution < -0.4 is 21.5 Å². The molecule has 208 valence electrons. The Kier molecular flexibility index (Phi) is 7.19. The average molecular weight is 543 g/mol. The quantitative estimate of drug-likeness (QED) is 0.392. The second-order valence-electron chi connectivity index (χ2n) is 10.5. The van der Waals surface area contributed by atoms with E-state index < -0.39 is 51.6 Å². The topological polar surface area (TPSA) is 163 Å². The van der Waals surface area contributed by atoms with Crippen LogP contribution in [-0.2, 0) is 33.0 Å². The largest absolute Gasteiger partial charge is 0.501 e. The third-order valence-electron chi connectivity index (χ3n) is 7.38. The van der Waals surface area contributed by atoms with Crippen LogP contribution in [0.5, 0.6) is 5.75 Å². The number of amides is 4. The van der Waals surface area contributed by atoms with Gasteiger partial charge in [0.2, 0.25) is 11.7 Å². The molecule has 1 aromatic carbocycles. The predicted molar refractivity (Wildman–Crippen MR) is 136 cm³/mol. The average Bonchev–Trinajstić information content (AvgIpc) is 3.08. The van der Waals surface area contributed by atoms with Gasteiger partial charge in [-0.2, -0.15) is 0 Å². The van der Waals surface area contributed by atoms with Crippen LogP contribution in [0.2, 0.25) is 0 Å². The molecule has 1 saturated carbocycles. The molecule has 0 radical (unpaired) electrons. The van der Waals surface area contributed by atoms with E-state index in [1.54, 1.807) is 13.0 Å². The number of likely N-dealkylation sites (N-methyl/N-ethyl adjacent to an activating group) is 1. The van der Waals surface area contributed by atoms with Gasteiger partial charge in [-0.25, -0.2) is 9.37 Å². The fraction of sp³-hybridized carbons (Fsp3) is 0.462. The Balaban J connectivity index is 1.76. The summed E-state index contributed by atoms with van der Waals surface area (Å²) in [5.41, 5.74) is -2.64. The number of halogens is 1. The van der Waals surface area contributed by atoms with Gasteiger partial charge in [-0.15, -0.1) is 0 Å². The summed E-state index contributed by atoms with van der Waals surface area (Å²) in [6, 6.07) is 4.32. The number of nitrogens with one attached hydrogen (secondary N) is 3. The lowest BCUT2D eigenvalue weighted by Crippen LogP contribution is -2.57. The molecule has 39 heavy (non-hydrogen) atoms. The molecule has 5 rings (SSSR count). The summed E-state index contributed by atoms with van der Waals surface area (Å²) >= 11 is 0. The summed E-state index contributed by atoms with van der Waals surface area (Å²) < 4.78 is 14.8. The van der Waals surface area contributed by atoms with Crippen molar-refractivity contribution < 1.29 is 28.7 Å². The van der Waals surface area contributed by atoms with Crippen LogP contribution in [0, 0.1) is 12.7 Å². The number of aromatic nitrogens is 2. The highest BCUT2D eigenvalue weighted by molar-refractivity contribution is 6.35. The van der Waals surface area contributed by atoms with Crippen LogP contribution in [0.15, 0.2) is 23.0 Å². The lowest BCUT2D eigenvalue weighted by atomic mass is 9.73. The predicted octanol–water partition coefficient (Wildman–Crippen LogP) is 0.189. The van der Waals surface area contributed by atoms with Gasteiger partial charge in [-0.1, -0.05) is 12.1 Å². The van der Waals surface area contributed by atoms with E-state index in [-0.39, 0.29) is 37.7 Å². The molecule has 2 aliphatic heterocycles. The number of benzene rings is 1. The number of aryl methyl sites for hydroxylation is 1. The van der Waals surface area contributed by atoms with Crippen molar-refractivity contribution in [3.8, 4) is 5.75 Å². The Morgan fingerprint density at radius 1 is 1.13 bits per heavy atom. The van der Waals surface area contributed by atoms with Gasteiger partial charge in [0, 0.05) is 27.6 Å². The summed E-state index contributed by atoms with van der Waals surface area (Å²) in [7, 11) is 2.85. The van der Waals surface area contributed by atoms with Crippen LogP contribution >= 0.6 is 0 Å². The molecule has 1 aliphatic carbocycles. The number of aromatic hydroxyl groups is 1. The van der Waals surface area contributed by atoms with Gasteiger partial charge < -0.3 is 26.0 Å². The first kappa shape index (κ1) is 27.7. The highest BCUT2D eigenvalue weighted by Gasteiger charge is 2.52. The Hall–Kier alpha value is -4.29. The van der Waals surface area contributed by atoms with Crippen molar-refractivity contribution in [3.05, 3.63) is 57.0 Å². The Morgan fingerprint density at radius 3 is 2.38 bits per heavy atom. The maximum absolute atomic E-state index is 13.6. The Morgan fingerprint density at radius 2 is 1.79 bits per heavy atom. The third-order valence-corrected chi connectivity index (χ3v) is 7.38. The highest BCUT2D eigenvalue weighted by Crippen LogP contribution is 2.45. The van der Waals surface area contributed by atoms with E-state index >= 15 is 0 Å². The highest BCUT2D eigenvalue weighted by atomic mass is 19.1. The van der Waals surface area contributed by atoms with Gasteiger partial charge >= 0.3 is 11.8 Å². The van der Waals surface area contributed by atoms with E-state index in [4.69, 9.17) is 0 Å². The molecule has 0 spiro atoms. The molecule has 1 fully saturated rings. The van der Waals surface area contributed by atoms with Crippen LogP contribution in [0.3, 0.4) is 0 Å². The number of rotatable bonds is 5. The van der Waals surface area contributed by atoms with Crippen molar-refractivity contribution in [3.63, 3.8) is 0 Å². The van der Waals surface area contributed by atoms with E-state index in [0.717, 1.165) is 9.47 Å². The normalized spacial score (nSPS) is 21.4. The monoisotopic (exact) mass is 542 g/mol. The molecule has 2 bridgehead atoms. The number of carbonyl (C=O) groups is 4. The number of hydrogen-bond donors (Lipinski definition) is 4.